The van der Waals surface area contributed by atoms with Crippen molar-refractivity contribution in [2.75, 3.05) is 26.3 Å². The fraction of sp³-hybridized carbons (Fsp3) is 0.593. The average Bonchev–Trinajstić information content (AvgIpc) is 3.28. The van der Waals surface area contributed by atoms with Crippen molar-refractivity contribution >= 4 is 6.09 Å². The first-order valence-electron chi connectivity index (χ1n) is 12.3. The van der Waals surface area contributed by atoms with Crippen LogP contribution in [0.4, 0.5) is 4.79 Å². The molecular weight excluding hydrogens is 446 g/mol. The molecule has 0 saturated carbocycles. The van der Waals surface area contributed by atoms with Gasteiger partial charge in [0.25, 0.3) is 0 Å². The minimum Gasteiger partial charge on any atom is -0.471 e. The number of hydrogen-bond acceptors (Lipinski definition) is 7. The van der Waals surface area contributed by atoms with E-state index in [1.54, 1.807) is 17.2 Å². The first kappa shape index (κ1) is 25.4. The standard InChI is InChI=1S/C27H37N3O5/c1-18(2)19-7-9-20(10-8-19)27(32,26(6)16-30(17-26)24(31)35-25(3,4)5)21-13-23(29-28-14-21)34-22-11-12-33-15-22/h7-10,13-14,18,22,32H,11-12,15-17H2,1-6H3. The Bertz CT molecular complexity index is 1040. The molecule has 1 aromatic heterocycles. The zero-order chi connectivity index (χ0) is 25.4. The Morgan fingerprint density at radius 3 is 2.46 bits per heavy atom. The lowest BCUT2D eigenvalue weighted by Crippen LogP contribution is -2.66. The van der Waals surface area contributed by atoms with E-state index in [1.165, 1.54) is 5.56 Å². The summed E-state index contributed by atoms with van der Waals surface area (Å²) in [6.07, 6.45) is 1.90. The molecule has 2 atom stereocenters. The summed E-state index contributed by atoms with van der Waals surface area (Å²) in [5.74, 6) is 0.720. The van der Waals surface area contributed by atoms with Crippen LogP contribution in [0, 0.1) is 5.41 Å². The van der Waals surface area contributed by atoms with Crippen molar-refractivity contribution in [3.05, 3.63) is 53.2 Å². The van der Waals surface area contributed by atoms with Crippen molar-refractivity contribution in [1.82, 2.24) is 15.1 Å². The van der Waals surface area contributed by atoms with Crippen LogP contribution in [0.1, 0.15) is 70.6 Å². The average molecular weight is 484 g/mol. The highest BCUT2D eigenvalue weighted by Crippen LogP contribution is 2.51. The van der Waals surface area contributed by atoms with Gasteiger partial charge >= 0.3 is 6.09 Å². The molecule has 2 aromatic rings. The van der Waals surface area contributed by atoms with Gasteiger partial charge in [-0.25, -0.2) is 4.79 Å². The molecule has 0 bridgehead atoms. The Balaban J connectivity index is 1.68. The van der Waals surface area contributed by atoms with Crippen LogP contribution < -0.4 is 4.74 Å². The molecule has 2 fully saturated rings. The number of ether oxygens (including phenoxy) is 3. The van der Waals surface area contributed by atoms with Gasteiger partial charge in [-0.15, -0.1) is 5.10 Å². The molecule has 1 N–H and O–H groups in total. The second-order valence-corrected chi connectivity index (χ2v) is 11.3. The number of amides is 1. The molecule has 2 aliphatic rings. The van der Waals surface area contributed by atoms with Gasteiger partial charge in [0.05, 0.1) is 19.4 Å². The Kier molecular flexibility index (Phi) is 6.81. The zero-order valence-electron chi connectivity index (χ0n) is 21.6. The Morgan fingerprint density at radius 2 is 1.89 bits per heavy atom. The van der Waals surface area contributed by atoms with Crippen LogP contribution in [-0.2, 0) is 15.1 Å². The normalized spacial score (nSPS) is 21.4. The highest BCUT2D eigenvalue weighted by Gasteiger charge is 2.58. The van der Waals surface area contributed by atoms with Gasteiger partial charge in [-0.2, -0.15) is 5.10 Å². The van der Waals surface area contributed by atoms with Crippen molar-refractivity contribution in [2.24, 2.45) is 5.41 Å². The number of nitrogens with zero attached hydrogens (tertiary/aromatic N) is 3. The van der Waals surface area contributed by atoms with Gasteiger partial charge in [0.1, 0.15) is 17.3 Å². The van der Waals surface area contributed by atoms with Crippen LogP contribution >= 0.6 is 0 Å². The fourth-order valence-electron chi connectivity index (χ4n) is 4.83. The second kappa shape index (κ2) is 9.39. The highest BCUT2D eigenvalue weighted by atomic mass is 16.6. The largest absolute Gasteiger partial charge is 0.471 e. The number of aliphatic hydroxyl groups is 1. The molecule has 8 nitrogen and oxygen atoms in total. The van der Waals surface area contributed by atoms with Crippen molar-refractivity contribution in [3.8, 4) is 5.88 Å². The smallest absolute Gasteiger partial charge is 0.410 e. The highest BCUT2D eigenvalue weighted by molar-refractivity contribution is 5.70. The quantitative estimate of drug-likeness (QED) is 0.656. The molecule has 2 aliphatic heterocycles. The number of carbonyl (C=O) groups is 1. The van der Waals surface area contributed by atoms with Crippen molar-refractivity contribution in [1.29, 1.82) is 0 Å². The summed E-state index contributed by atoms with van der Waals surface area (Å²) < 4.78 is 16.9. The molecule has 2 saturated heterocycles. The Hall–Kier alpha value is -2.71. The van der Waals surface area contributed by atoms with Gasteiger partial charge in [0, 0.05) is 36.6 Å². The lowest BCUT2D eigenvalue weighted by Gasteiger charge is -2.56. The van der Waals surface area contributed by atoms with Gasteiger partial charge in [-0.05, 0) is 37.8 Å². The molecule has 3 heterocycles. The molecule has 0 spiro atoms. The summed E-state index contributed by atoms with van der Waals surface area (Å²) in [4.78, 5) is 14.3. The summed E-state index contributed by atoms with van der Waals surface area (Å²) in [6, 6.07) is 9.76. The summed E-state index contributed by atoms with van der Waals surface area (Å²) in [5.41, 5.74) is -0.205. The predicted octanol–water partition coefficient (Wildman–Crippen LogP) is 4.26. The molecule has 1 aromatic carbocycles. The number of rotatable bonds is 6. The van der Waals surface area contributed by atoms with Gasteiger partial charge in [0.2, 0.25) is 5.88 Å². The van der Waals surface area contributed by atoms with Gasteiger partial charge < -0.3 is 24.2 Å². The maximum absolute atomic E-state index is 12.7. The first-order valence-corrected chi connectivity index (χ1v) is 12.3. The van der Waals surface area contributed by atoms with E-state index in [4.69, 9.17) is 14.2 Å². The number of hydrogen-bond donors (Lipinski definition) is 1. The molecule has 8 heteroatoms. The third-order valence-corrected chi connectivity index (χ3v) is 6.83. The van der Waals surface area contributed by atoms with Gasteiger partial charge in [-0.1, -0.05) is 45.0 Å². The topological polar surface area (TPSA) is 94.0 Å². The van der Waals surface area contributed by atoms with E-state index in [2.05, 4.69) is 24.0 Å². The van der Waals surface area contributed by atoms with Crippen LogP contribution in [0.3, 0.4) is 0 Å². The maximum Gasteiger partial charge on any atom is 0.410 e. The van der Waals surface area contributed by atoms with E-state index >= 15 is 0 Å². The predicted molar refractivity (Wildman–Crippen MR) is 131 cm³/mol. The van der Waals surface area contributed by atoms with E-state index in [0.29, 0.717) is 43.7 Å². The SMILES string of the molecule is CC(C)c1ccc(C(O)(c2cnnc(OC3CCOC3)c2)C2(C)CN(C(=O)OC(C)(C)C)C2)cc1. The zero-order valence-corrected chi connectivity index (χ0v) is 21.6. The van der Waals surface area contributed by atoms with Crippen LogP contribution in [0.25, 0.3) is 0 Å². The molecule has 4 rings (SSSR count). The minimum absolute atomic E-state index is 0.0834. The van der Waals surface area contributed by atoms with E-state index in [9.17, 15) is 9.90 Å². The van der Waals surface area contributed by atoms with E-state index in [0.717, 1.165) is 12.0 Å². The monoisotopic (exact) mass is 483 g/mol. The molecule has 0 aliphatic carbocycles. The van der Waals surface area contributed by atoms with Crippen molar-refractivity contribution in [3.63, 3.8) is 0 Å². The Labute approximate surface area is 207 Å². The third kappa shape index (κ3) is 5.14. The third-order valence-electron chi connectivity index (χ3n) is 6.83. The minimum atomic E-state index is -1.43. The first-order chi connectivity index (χ1) is 16.4. The van der Waals surface area contributed by atoms with Gasteiger partial charge in [-0.3, -0.25) is 0 Å². The summed E-state index contributed by atoms with van der Waals surface area (Å²) in [7, 11) is 0. The number of carbonyl (C=O) groups excluding carboxylic acids is 1. The lowest BCUT2D eigenvalue weighted by atomic mass is 9.62. The van der Waals surface area contributed by atoms with Crippen molar-refractivity contribution < 1.29 is 24.1 Å². The molecule has 2 unspecified atom stereocenters. The van der Waals surface area contributed by atoms with E-state index in [-0.39, 0.29) is 12.2 Å². The van der Waals surface area contributed by atoms with E-state index < -0.39 is 16.6 Å². The van der Waals surface area contributed by atoms with Crippen LogP contribution in [-0.4, -0.2) is 64.3 Å². The number of aromatic nitrogens is 2. The second-order valence-electron chi connectivity index (χ2n) is 11.3. The number of benzene rings is 1. The molecule has 35 heavy (non-hydrogen) atoms. The summed E-state index contributed by atoms with van der Waals surface area (Å²) >= 11 is 0. The van der Waals surface area contributed by atoms with Gasteiger partial charge in [0.15, 0.2) is 0 Å². The molecule has 190 valence electrons. The molecular formula is C27H37N3O5. The fourth-order valence-corrected chi connectivity index (χ4v) is 4.83. The lowest BCUT2D eigenvalue weighted by molar-refractivity contribution is -0.131. The van der Waals surface area contributed by atoms with Crippen LogP contribution in [0.5, 0.6) is 5.88 Å². The van der Waals surface area contributed by atoms with Crippen LogP contribution in [0.2, 0.25) is 0 Å². The maximum atomic E-state index is 12.7. The molecule has 0 radical (unpaired) electrons. The Morgan fingerprint density at radius 1 is 1.20 bits per heavy atom. The molecule has 1 amide bonds. The number of likely N-dealkylation sites (tertiary alicyclic amines) is 1. The van der Waals surface area contributed by atoms with E-state index in [1.807, 2.05) is 52.0 Å². The van der Waals surface area contributed by atoms with Crippen molar-refractivity contribution in [2.45, 2.75) is 71.2 Å². The summed E-state index contributed by atoms with van der Waals surface area (Å²) in [6.45, 7) is 13.6. The van der Waals surface area contributed by atoms with Crippen LogP contribution in [0.15, 0.2) is 36.5 Å². The summed E-state index contributed by atoms with van der Waals surface area (Å²) in [5, 5.41) is 20.7.